The summed E-state index contributed by atoms with van der Waals surface area (Å²) in [6, 6.07) is 8.77. The number of hydrogen-bond donors (Lipinski definition) is 1. The molecular formula is C26H33Cl2N3O6S. The molecule has 38 heavy (non-hydrogen) atoms. The van der Waals surface area contributed by atoms with Crippen LogP contribution in [0.5, 0.6) is 11.5 Å². The minimum Gasteiger partial charge on any atom is -0.486 e. The molecule has 0 unspecified atom stereocenters. The molecule has 1 atom stereocenters. The van der Waals surface area contributed by atoms with E-state index < -0.39 is 28.5 Å². The lowest BCUT2D eigenvalue weighted by molar-refractivity contribution is -0.140. The minimum absolute atomic E-state index is 0.00591. The Labute approximate surface area is 234 Å². The number of halogens is 2. The predicted molar refractivity (Wildman–Crippen MR) is 149 cm³/mol. The highest BCUT2D eigenvalue weighted by molar-refractivity contribution is 7.92. The second-order valence-corrected chi connectivity index (χ2v) is 11.7. The molecule has 12 heteroatoms. The summed E-state index contributed by atoms with van der Waals surface area (Å²) in [5.41, 5.74) is 0.841. The Balaban J connectivity index is 1.99. The van der Waals surface area contributed by atoms with Crippen molar-refractivity contribution in [1.82, 2.24) is 10.2 Å². The smallest absolute Gasteiger partial charge is 0.244 e. The third kappa shape index (κ3) is 7.24. The predicted octanol–water partition coefficient (Wildman–Crippen LogP) is 4.25. The van der Waals surface area contributed by atoms with E-state index in [1.807, 2.05) is 6.92 Å². The molecule has 1 heterocycles. The summed E-state index contributed by atoms with van der Waals surface area (Å²) in [4.78, 5) is 28.3. The van der Waals surface area contributed by atoms with Crippen LogP contribution >= 0.6 is 23.2 Å². The van der Waals surface area contributed by atoms with Gasteiger partial charge in [-0.2, -0.15) is 0 Å². The van der Waals surface area contributed by atoms with E-state index in [0.29, 0.717) is 53.3 Å². The minimum atomic E-state index is -3.88. The van der Waals surface area contributed by atoms with E-state index >= 15 is 0 Å². The van der Waals surface area contributed by atoms with Gasteiger partial charge >= 0.3 is 0 Å². The van der Waals surface area contributed by atoms with Crippen LogP contribution in [0.3, 0.4) is 0 Å². The molecule has 0 saturated carbocycles. The average molecular weight is 587 g/mol. The van der Waals surface area contributed by atoms with Crippen molar-refractivity contribution in [2.24, 2.45) is 0 Å². The fourth-order valence-corrected chi connectivity index (χ4v) is 5.55. The van der Waals surface area contributed by atoms with Crippen LogP contribution in [0.4, 0.5) is 5.69 Å². The fourth-order valence-electron chi connectivity index (χ4n) is 4.03. The number of nitrogens with zero attached hydrogens (tertiary/aromatic N) is 2. The molecule has 208 valence electrons. The van der Waals surface area contributed by atoms with Gasteiger partial charge in [0.15, 0.2) is 11.5 Å². The first kappa shape index (κ1) is 29.9. The molecule has 0 aliphatic carbocycles. The topological polar surface area (TPSA) is 105 Å². The molecule has 0 spiro atoms. The fraction of sp³-hybridized carbons (Fsp3) is 0.462. The van der Waals surface area contributed by atoms with E-state index in [-0.39, 0.29) is 23.9 Å². The first-order valence-corrected chi connectivity index (χ1v) is 14.9. The molecule has 0 radical (unpaired) electrons. The lowest BCUT2D eigenvalue weighted by Crippen LogP contribution is -2.52. The number of anilines is 1. The van der Waals surface area contributed by atoms with Crippen molar-refractivity contribution in [3.8, 4) is 11.5 Å². The maximum atomic E-state index is 13.9. The molecule has 0 bridgehead atoms. The van der Waals surface area contributed by atoms with Crippen LogP contribution in [0, 0.1) is 0 Å². The van der Waals surface area contributed by atoms with E-state index in [4.69, 9.17) is 32.7 Å². The lowest BCUT2D eigenvalue weighted by atomic mass is 10.1. The van der Waals surface area contributed by atoms with Crippen molar-refractivity contribution in [3.05, 3.63) is 52.0 Å². The van der Waals surface area contributed by atoms with Crippen molar-refractivity contribution in [1.29, 1.82) is 0 Å². The molecule has 1 aliphatic heterocycles. The Bertz CT molecular complexity index is 1260. The summed E-state index contributed by atoms with van der Waals surface area (Å²) in [7, 11) is -3.88. The zero-order valence-electron chi connectivity index (χ0n) is 21.7. The number of rotatable bonds is 12. The van der Waals surface area contributed by atoms with Crippen LogP contribution in [-0.4, -0.2) is 63.2 Å². The Morgan fingerprint density at radius 3 is 2.37 bits per heavy atom. The molecule has 9 nitrogen and oxygen atoms in total. The van der Waals surface area contributed by atoms with E-state index in [2.05, 4.69) is 5.32 Å². The molecule has 0 saturated heterocycles. The Hall–Kier alpha value is -2.69. The van der Waals surface area contributed by atoms with Gasteiger partial charge in [0, 0.05) is 29.2 Å². The highest BCUT2D eigenvalue weighted by Crippen LogP contribution is 2.35. The Kier molecular flexibility index (Phi) is 10.5. The van der Waals surface area contributed by atoms with Crippen molar-refractivity contribution in [2.45, 2.75) is 46.2 Å². The van der Waals surface area contributed by atoms with Crippen LogP contribution in [0.25, 0.3) is 0 Å². The molecule has 2 aromatic carbocycles. The summed E-state index contributed by atoms with van der Waals surface area (Å²) in [5, 5.41) is 3.61. The lowest BCUT2D eigenvalue weighted by Gasteiger charge is -2.33. The van der Waals surface area contributed by atoms with Crippen LogP contribution in [0.15, 0.2) is 36.4 Å². The Morgan fingerprint density at radius 2 is 1.74 bits per heavy atom. The molecule has 2 amide bonds. The Morgan fingerprint density at radius 1 is 1.03 bits per heavy atom. The van der Waals surface area contributed by atoms with Gasteiger partial charge in [0.05, 0.1) is 11.4 Å². The van der Waals surface area contributed by atoms with Crippen molar-refractivity contribution in [3.63, 3.8) is 0 Å². The van der Waals surface area contributed by atoms with Crippen molar-refractivity contribution in [2.75, 3.05) is 36.4 Å². The van der Waals surface area contributed by atoms with Gasteiger partial charge < -0.3 is 19.7 Å². The zero-order valence-corrected chi connectivity index (χ0v) is 24.0. The maximum Gasteiger partial charge on any atom is 0.244 e. The third-order valence-electron chi connectivity index (χ3n) is 6.08. The molecule has 0 aromatic heterocycles. The van der Waals surface area contributed by atoms with Gasteiger partial charge in [-0.15, -0.1) is 0 Å². The zero-order chi connectivity index (χ0) is 27.9. The molecule has 1 aliphatic rings. The van der Waals surface area contributed by atoms with Gasteiger partial charge in [-0.1, -0.05) is 43.1 Å². The quantitative estimate of drug-likeness (QED) is 0.399. The summed E-state index contributed by atoms with van der Waals surface area (Å²) < 4.78 is 38.5. The van der Waals surface area contributed by atoms with E-state index in [1.165, 1.54) is 11.8 Å². The van der Waals surface area contributed by atoms with Crippen LogP contribution in [0.1, 0.15) is 39.2 Å². The largest absolute Gasteiger partial charge is 0.486 e. The highest BCUT2D eigenvalue weighted by atomic mass is 35.5. The average Bonchev–Trinajstić information content (AvgIpc) is 2.91. The number of carbonyl (C=O) groups is 2. The number of benzene rings is 2. The number of fused-ring (bicyclic) bond motifs is 1. The molecule has 0 fully saturated rings. The monoisotopic (exact) mass is 585 g/mol. The van der Waals surface area contributed by atoms with E-state index in [1.54, 1.807) is 43.3 Å². The van der Waals surface area contributed by atoms with Gasteiger partial charge in [0.2, 0.25) is 21.8 Å². The summed E-state index contributed by atoms with van der Waals surface area (Å²) >= 11 is 12.4. The molecule has 1 N–H and O–H groups in total. The SMILES string of the molecule is CCCNC(=O)[C@@H](CC)N(Cc1ccc(Cl)cc1Cl)C(=O)CN(c1ccc2c(c1)OCCO2)S(=O)(=O)CC. The van der Waals surface area contributed by atoms with Crippen molar-refractivity contribution >= 4 is 50.7 Å². The summed E-state index contributed by atoms with van der Waals surface area (Å²) in [6.07, 6.45) is 1.04. The van der Waals surface area contributed by atoms with Gasteiger partial charge in [-0.25, -0.2) is 8.42 Å². The third-order valence-corrected chi connectivity index (χ3v) is 8.41. The van der Waals surface area contributed by atoms with E-state index in [0.717, 1.165) is 10.7 Å². The van der Waals surface area contributed by atoms with Crippen LogP contribution in [0.2, 0.25) is 10.0 Å². The van der Waals surface area contributed by atoms with Crippen molar-refractivity contribution < 1.29 is 27.5 Å². The molecule has 3 rings (SSSR count). The maximum absolute atomic E-state index is 13.9. The number of hydrogen-bond acceptors (Lipinski definition) is 6. The highest BCUT2D eigenvalue weighted by Gasteiger charge is 2.33. The van der Waals surface area contributed by atoms with Gasteiger partial charge in [-0.05, 0) is 49.6 Å². The number of sulfonamides is 1. The van der Waals surface area contributed by atoms with Crippen LogP contribution < -0.4 is 19.1 Å². The van der Waals surface area contributed by atoms with Gasteiger partial charge in [-0.3, -0.25) is 13.9 Å². The standard InChI is InChI=1S/C26H33Cl2N3O6S/c1-4-11-29-26(33)22(5-2)30(16-18-7-8-19(27)14-21(18)28)25(32)17-31(38(34,35)6-3)20-9-10-23-24(15-20)37-13-12-36-23/h7-10,14-15,22H,4-6,11-13,16-17H2,1-3H3,(H,29,33)/t22-/m1/s1. The number of carbonyl (C=O) groups excluding carboxylic acids is 2. The number of nitrogens with one attached hydrogen (secondary N) is 1. The number of amides is 2. The molecular weight excluding hydrogens is 553 g/mol. The summed E-state index contributed by atoms with van der Waals surface area (Å²) in [5.74, 6) is -0.213. The first-order chi connectivity index (χ1) is 18.1. The second-order valence-electron chi connectivity index (χ2n) is 8.71. The second kappa shape index (κ2) is 13.4. The van der Waals surface area contributed by atoms with E-state index in [9.17, 15) is 18.0 Å². The molecule has 2 aromatic rings. The number of ether oxygens (including phenoxy) is 2. The first-order valence-electron chi connectivity index (χ1n) is 12.5. The summed E-state index contributed by atoms with van der Waals surface area (Å²) in [6.45, 7) is 5.88. The van der Waals surface area contributed by atoms with Crippen LogP contribution in [-0.2, 0) is 26.2 Å². The van der Waals surface area contributed by atoms with Gasteiger partial charge in [0.1, 0.15) is 25.8 Å². The normalized spacial score (nSPS) is 13.5. The van der Waals surface area contributed by atoms with Gasteiger partial charge in [0.25, 0.3) is 0 Å².